The molecule has 1 heterocycles. The molecule has 5 heteroatoms. The Morgan fingerprint density at radius 1 is 1.25 bits per heavy atom. The SMILES string of the molecule is C=COB(O)O.c1ccncc1. The molecule has 0 bridgehead atoms. The normalized spacial score (nSPS) is 7.50. The maximum Gasteiger partial charge on any atom is 0.707 e. The number of aromatic nitrogens is 1. The monoisotopic (exact) mass is 167 g/mol. The van der Waals surface area contributed by atoms with E-state index in [-0.39, 0.29) is 0 Å². The quantitative estimate of drug-likeness (QED) is 0.487. The highest BCUT2D eigenvalue weighted by Gasteiger charge is 2.04. The van der Waals surface area contributed by atoms with Crippen LogP contribution in [0.3, 0.4) is 0 Å². The molecule has 0 atom stereocenters. The van der Waals surface area contributed by atoms with E-state index < -0.39 is 7.32 Å². The van der Waals surface area contributed by atoms with Crippen LogP contribution < -0.4 is 0 Å². The third-order valence-corrected chi connectivity index (χ3v) is 0.784. The van der Waals surface area contributed by atoms with E-state index in [0.29, 0.717) is 0 Å². The van der Waals surface area contributed by atoms with Crippen LogP contribution in [0.2, 0.25) is 0 Å². The zero-order chi connectivity index (χ0) is 9.23. The van der Waals surface area contributed by atoms with E-state index in [1.54, 1.807) is 12.4 Å². The van der Waals surface area contributed by atoms with Gasteiger partial charge in [-0.3, -0.25) is 4.98 Å². The molecular weight excluding hydrogens is 157 g/mol. The van der Waals surface area contributed by atoms with Crippen molar-refractivity contribution in [1.29, 1.82) is 0 Å². The van der Waals surface area contributed by atoms with Crippen LogP contribution >= 0.6 is 0 Å². The van der Waals surface area contributed by atoms with Crippen molar-refractivity contribution in [3.63, 3.8) is 0 Å². The first-order valence-corrected chi connectivity index (χ1v) is 3.25. The van der Waals surface area contributed by atoms with Crippen LogP contribution in [0.15, 0.2) is 43.4 Å². The van der Waals surface area contributed by atoms with Crippen molar-refractivity contribution in [2.24, 2.45) is 0 Å². The van der Waals surface area contributed by atoms with E-state index in [2.05, 4.69) is 16.2 Å². The van der Waals surface area contributed by atoms with Crippen LogP contribution in [0.5, 0.6) is 0 Å². The third kappa shape index (κ3) is 8.67. The van der Waals surface area contributed by atoms with Gasteiger partial charge in [-0.1, -0.05) is 12.6 Å². The molecule has 0 amide bonds. The average Bonchev–Trinajstić information content (AvgIpc) is 2.08. The Balaban J connectivity index is 0.000000202. The molecule has 12 heavy (non-hydrogen) atoms. The van der Waals surface area contributed by atoms with Crippen LogP contribution in [-0.2, 0) is 4.65 Å². The first kappa shape index (κ1) is 10.7. The van der Waals surface area contributed by atoms with Crippen LogP contribution in [-0.4, -0.2) is 22.4 Å². The van der Waals surface area contributed by atoms with Crippen molar-refractivity contribution >= 4 is 7.32 Å². The molecule has 1 aromatic heterocycles. The standard InChI is InChI=1S/C5H5N.C2H5BO3/c1-2-4-6-5-3-1;1-2-6-3(4)5/h1-5H;2,4-5H,1H2. The van der Waals surface area contributed by atoms with Gasteiger partial charge in [0.1, 0.15) is 0 Å². The van der Waals surface area contributed by atoms with E-state index in [4.69, 9.17) is 10.0 Å². The molecule has 0 spiro atoms. The summed E-state index contributed by atoms with van der Waals surface area (Å²) >= 11 is 0. The van der Waals surface area contributed by atoms with E-state index in [1.165, 1.54) is 0 Å². The van der Waals surface area contributed by atoms with E-state index in [1.807, 2.05) is 18.2 Å². The topological polar surface area (TPSA) is 62.6 Å². The molecule has 4 nitrogen and oxygen atoms in total. The van der Waals surface area contributed by atoms with E-state index in [9.17, 15) is 0 Å². The molecule has 0 saturated carbocycles. The Kier molecular flexibility index (Phi) is 6.92. The molecule has 1 aromatic rings. The Morgan fingerprint density at radius 3 is 1.92 bits per heavy atom. The second kappa shape index (κ2) is 7.78. The second-order valence-electron chi connectivity index (χ2n) is 1.65. The lowest BCUT2D eigenvalue weighted by Crippen LogP contribution is -2.12. The minimum absolute atomic E-state index is 0.949. The first-order chi connectivity index (χ1) is 5.77. The largest absolute Gasteiger partial charge is 0.707 e. The molecular formula is C7H10BNO3. The van der Waals surface area contributed by atoms with Crippen LogP contribution in [0.4, 0.5) is 0 Å². The Hall–Kier alpha value is -1.33. The van der Waals surface area contributed by atoms with Crippen LogP contribution in [0, 0.1) is 0 Å². The lowest BCUT2D eigenvalue weighted by molar-refractivity contribution is 0.258. The van der Waals surface area contributed by atoms with Crippen molar-refractivity contribution in [3.05, 3.63) is 43.4 Å². The minimum atomic E-state index is -1.72. The molecule has 0 saturated heterocycles. The molecule has 0 aliphatic rings. The molecule has 0 aromatic carbocycles. The van der Waals surface area contributed by atoms with Gasteiger partial charge < -0.3 is 14.7 Å². The molecule has 0 radical (unpaired) electrons. The third-order valence-electron chi connectivity index (χ3n) is 0.784. The van der Waals surface area contributed by atoms with Crippen molar-refractivity contribution in [3.8, 4) is 0 Å². The van der Waals surface area contributed by atoms with E-state index >= 15 is 0 Å². The number of nitrogens with zero attached hydrogens (tertiary/aromatic N) is 1. The number of pyridine rings is 1. The number of hydrogen-bond acceptors (Lipinski definition) is 4. The molecule has 64 valence electrons. The Bertz CT molecular complexity index is 166. The number of rotatable bonds is 2. The Morgan fingerprint density at radius 2 is 1.83 bits per heavy atom. The van der Waals surface area contributed by atoms with Gasteiger partial charge in [0.15, 0.2) is 0 Å². The molecule has 0 fully saturated rings. The highest BCUT2D eigenvalue weighted by atomic mass is 16.6. The van der Waals surface area contributed by atoms with Crippen molar-refractivity contribution in [2.45, 2.75) is 0 Å². The van der Waals surface area contributed by atoms with Crippen LogP contribution in [0.25, 0.3) is 0 Å². The highest BCUT2D eigenvalue weighted by molar-refractivity contribution is 6.32. The molecule has 0 aliphatic heterocycles. The summed E-state index contributed by atoms with van der Waals surface area (Å²) in [5.74, 6) is 0. The van der Waals surface area contributed by atoms with Gasteiger partial charge in [0.05, 0.1) is 6.26 Å². The van der Waals surface area contributed by atoms with Crippen molar-refractivity contribution in [2.75, 3.05) is 0 Å². The predicted octanol–water partition coefficient (Wildman–Crippen LogP) is 0.198. The number of hydrogen-bond donors (Lipinski definition) is 2. The van der Waals surface area contributed by atoms with E-state index in [0.717, 1.165) is 6.26 Å². The van der Waals surface area contributed by atoms with Gasteiger partial charge in [0, 0.05) is 12.4 Å². The van der Waals surface area contributed by atoms with Gasteiger partial charge >= 0.3 is 7.32 Å². The Labute approximate surface area is 71.3 Å². The summed E-state index contributed by atoms with van der Waals surface area (Å²) in [6.07, 6.45) is 4.45. The molecule has 2 N–H and O–H groups in total. The molecule has 1 rings (SSSR count). The summed E-state index contributed by atoms with van der Waals surface area (Å²) in [6, 6.07) is 5.72. The average molecular weight is 167 g/mol. The van der Waals surface area contributed by atoms with Gasteiger partial charge in [0.2, 0.25) is 0 Å². The lowest BCUT2D eigenvalue weighted by Gasteiger charge is -1.90. The van der Waals surface area contributed by atoms with Crippen molar-refractivity contribution < 1.29 is 14.7 Å². The first-order valence-electron chi connectivity index (χ1n) is 3.25. The smallest absolute Gasteiger partial charge is 0.519 e. The van der Waals surface area contributed by atoms with Crippen molar-refractivity contribution in [1.82, 2.24) is 4.98 Å². The maximum absolute atomic E-state index is 7.81. The van der Waals surface area contributed by atoms with Gasteiger partial charge in [-0.2, -0.15) is 0 Å². The minimum Gasteiger partial charge on any atom is -0.519 e. The van der Waals surface area contributed by atoms with Gasteiger partial charge in [-0.25, -0.2) is 0 Å². The second-order valence-corrected chi connectivity index (χ2v) is 1.65. The summed E-state index contributed by atoms with van der Waals surface area (Å²) < 4.78 is 3.92. The highest BCUT2D eigenvalue weighted by Crippen LogP contribution is 1.73. The fraction of sp³-hybridized carbons (Fsp3) is 0. The summed E-state index contributed by atoms with van der Waals surface area (Å²) in [5, 5.41) is 15.6. The molecule has 0 aliphatic carbocycles. The fourth-order valence-corrected chi connectivity index (χ4v) is 0.399. The molecule has 0 unspecified atom stereocenters. The lowest BCUT2D eigenvalue weighted by atomic mass is 10.3. The van der Waals surface area contributed by atoms with Gasteiger partial charge in [-0.05, 0) is 12.1 Å². The summed E-state index contributed by atoms with van der Waals surface area (Å²) in [7, 11) is -1.72. The fourth-order valence-electron chi connectivity index (χ4n) is 0.399. The summed E-state index contributed by atoms with van der Waals surface area (Å²) in [4.78, 5) is 3.78. The maximum atomic E-state index is 7.81. The summed E-state index contributed by atoms with van der Waals surface area (Å²) in [5.41, 5.74) is 0. The predicted molar refractivity (Wildman–Crippen MR) is 45.7 cm³/mol. The van der Waals surface area contributed by atoms with Crippen LogP contribution in [0.1, 0.15) is 0 Å². The zero-order valence-corrected chi connectivity index (χ0v) is 6.50. The summed E-state index contributed by atoms with van der Waals surface area (Å²) in [6.45, 7) is 3.06. The van der Waals surface area contributed by atoms with Gasteiger partial charge in [0.25, 0.3) is 0 Å². The zero-order valence-electron chi connectivity index (χ0n) is 6.50. The van der Waals surface area contributed by atoms with Gasteiger partial charge in [-0.15, -0.1) is 0 Å².